The van der Waals surface area contributed by atoms with E-state index in [4.69, 9.17) is 9.15 Å². The topological polar surface area (TPSA) is 38.5 Å². The number of rotatable bonds is 4. The van der Waals surface area contributed by atoms with E-state index in [-0.39, 0.29) is 0 Å². The summed E-state index contributed by atoms with van der Waals surface area (Å²) < 4.78 is 12.1. The van der Waals surface area contributed by atoms with E-state index in [1.54, 1.807) is 7.11 Å². The Morgan fingerprint density at radius 3 is 2.86 bits per heavy atom. The Morgan fingerprint density at radius 2 is 2.19 bits per heavy atom. The van der Waals surface area contributed by atoms with E-state index in [0.29, 0.717) is 6.01 Å². The maximum atomic E-state index is 5.89. The molecule has 0 radical (unpaired) electrons. The molecule has 1 saturated heterocycles. The number of hydrogen-bond acceptors (Lipinski definition) is 4. The number of ether oxygens (including phenoxy) is 1. The molecule has 2 heterocycles. The van der Waals surface area contributed by atoms with Crippen molar-refractivity contribution in [1.29, 1.82) is 0 Å². The molecule has 112 valence electrons. The lowest BCUT2D eigenvalue weighted by Gasteiger charge is -2.40. The lowest BCUT2D eigenvalue weighted by atomic mass is 10.2. The van der Waals surface area contributed by atoms with E-state index in [0.717, 1.165) is 54.1 Å². The van der Waals surface area contributed by atoms with Crippen LogP contribution in [0.5, 0.6) is 5.75 Å². The van der Waals surface area contributed by atoms with Gasteiger partial charge in [-0.25, -0.2) is 0 Å². The molecular weight excluding hydrogens is 266 g/mol. The number of likely N-dealkylation sites (N-methyl/N-ethyl adjacent to an activating group) is 1. The third-order valence-corrected chi connectivity index (χ3v) is 4.24. The van der Waals surface area contributed by atoms with Gasteiger partial charge in [-0.15, -0.1) is 0 Å². The number of fused-ring (bicyclic) bond motifs is 1. The van der Waals surface area contributed by atoms with Crippen LogP contribution in [0.4, 0.5) is 6.01 Å². The summed E-state index contributed by atoms with van der Waals surface area (Å²) in [4.78, 5) is 6.80. The summed E-state index contributed by atoms with van der Waals surface area (Å²) in [5.74, 6) is 0.791. The van der Waals surface area contributed by atoms with Gasteiger partial charge in [0.15, 0.2) is 5.58 Å². The van der Waals surface area contributed by atoms with Crippen molar-refractivity contribution >= 4 is 17.1 Å². The van der Waals surface area contributed by atoms with Crippen LogP contribution in [-0.2, 0) is 0 Å². The average Bonchev–Trinajstić information content (AvgIpc) is 2.90. The molecule has 0 saturated carbocycles. The minimum absolute atomic E-state index is 0.711. The van der Waals surface area contributed by atoms with Crippen molar-refractivity contribution in [3.63, 3.8) is 0 Å². The molecule has 0 bridgehead atoms. The van der Waals surface area contributed by atoms with Crippen molar-refractivity contribution in [1.82, 2.24) is 4.98 Å². The maximum absolute atomic E-state index is 5.89. The van der Waals surface area contributed by atoms with Gasteiger partial charge in [0, 0.05) is 6.07 Å². The largest absolute Gasteiger partial charge is 0.497 e. The molecule has 0 amide bonds. The molecule has 1 aromatic heterocycles. The van der Waals surface area contributed by atoms with E-state index >= 15 is 0 Å². The number of nitrogens with zero attached hydrogens (tertiary/aromatic N) is 3. The molecule has 0 atom stereocenters. The molecular formula is C16H22N3O2+. The zero-order chi connectivity index (χ0) is 14.9. The second kappa shape index (κ2) is 5.41. The van der Waals surface area contributed by atoms with Crippen LogP contribution in [-0.4, -0.2) is 56.3 Å². The Hall–Kier alpha value is -2.01. The molecule has 5 heteroatoms. The number of aromatic nitrogens is 1. The average molecular weight is 288 g/mol. The van der Waals surface area contributed by atoms with Crippen molar-refractivity contribution in [2.24, 2.45) is 0 Å². The highest BCUT2D eigenvalue weighted by Gasteiger charge is 2.29. The van der Waals surface area contributed by atoms with Crippen LogP contribution >= 0.6 is 0 Å². The number of quaternary nitrogens is 1. The standard InChI is InChI=1S/C16H22N3O2/c1-4-9-19(2)10-7-18(8-11-19)16-17-14-6-5-13(20-3)12-15(14)21-16/h4-6,12H,1,7-11H2,2-3H3/q+1. The molecule has 0 aliphatic carbocycles. The van der Waals surface area contributed by atoms with E-state index in [9.17, 15) is 0 Å². The summed E-state index contributed by atoms with van der Waals surface area (Å²) >= 11 is 0. The van der Waals surface area contributed by atoms with Crippen LogP contribution in [0, 0.1) is 0 Å². The first-order valence-corrected chi connectivity index (χ1v) is 7.27. The van der Waals surface area contributed by atoms with Crippen molar-refractivity contribution in [3.8, 4) is 5.75 Å². The van der Waals surface area contributed by atoms with Crippen molar-refractivity contribution in [2.45, 2.75) is 0 Å². The Morgan fingerprint density at radius 1 is 1.43 bits per heavy atom. The number of methoxy groups -OCH3 is 1. The van der Waals surface area contributed by atoms with Gasteiger partial charge in [0.1, 0.15) is 11.3 Å². The van der Waals surface area contributed by atoms with Gasteiger partial charge in [-0.1, -0.05) is 6.58 Å². The molecule has 1 aromatic carbocycles. The van der Waals surface area contributed by atoms with Gasteiger partial charge in [-0.3, -0.25) is 0 Å². The minimum Gasteiger partial charge on any atom is -0.497 e. The summed E-state index contributed by atoms with van der Waals surface area (Å²) in [6.45, 7) is 8.92. The smallest absolute Gasteiger partial charge is 0.298 e. The van der Waals surface area contributed by atoms with E-state index in [1.165, 1.54) is 0 Å². The number of anilines is 1. The molecule has 21 heavy (non-hydrogen) atoms. The quantitative estimate of drug-likeness (QED) is 0.639. The maximum Gasteiger partial charge on any atom is 0.298 e. The van der Waals surface area contributed by atoms with Gasteiger partial charge in [-0.2, -0.15) is 4.98 Å². The fourth-order valence-electron chi connectivity index (χ4n) is 2.79. The molecule has 1 fully saturated rings. The van der Waals surface area contributed by atoms with Crippen LogP contribution in [0.1, 0.15) is 0 Å². The Labute approximate surface area is 125 Å². The van der Waals surface area contributed by atoms with Crippen LogP contribution in [0.15, 0.2) is 35.3 Å². The van der Waals surface area contributed by atoms with E-state index in [1.807, 2.05) is 24.3 Å². The van der Waals surface area contributed by atoms with Gasteiger partial charge >= 0.3 is 0 Å². The van der Waals surface area contributed by atoms with Gasteiger partial charge < -0.3 is 18.5 Å². The Balaban J connectivity index is 1.77. The normalized spacial score (nSPS) is 17.9. The van der Waals surface area contributed by atoms with Crippen LogP contribution in [0.2, 0.25) is 0 Å². The summed E-state index contributed by atoms with van der Waals surface area (Å²) in [6, 6.07) is 6.43. The zero-order valence-electron chi connectivity index (χ0n) is 12.7. The molecule has 0 N–H and O–H groups in total. The monoisotopic (exact) mass is 288 g/mol. The van der Waals surface area contributed by atoms with Crippen LogP contribution < -0.4 is 9.64 Å². The number of piperazine rings is 1. The highest BCUT2D eigenvalue weighted by molar-refractivity contribution is 5.76. The first-order valence-electron chi connectivity index (χ1n) is 7.27. The molecule has 0 unspecified atom stereocenters. The molecule has 2 aromatic rings. The van der Waals surface area contributed by atoms with Crippen molar-refractivity contribution in [3.05, 3.63) is 30.9 Å². The van der Waals surface area contributed by atoms with Crippen LogP contribution in [0.25, 0.3) is 11.1 Å². The fraction of sp³-hybridized carbons (Fsp3) is 0.438. The molecule has 5 nitrogen and oxygen atoms in total. The third kappa shape index (κ3) is 2.74. The predicted molar refractivity (Wildman–Crippen MR) is 83.8 cm³/mol. The summed E-state index contributed by atoms with van der Waals surface area (Å²) in [5.41, 5.74) is 1.65. The van der Waals surface area contributed by atoms with Gasteiger partial charge in [0.2, 0.25) is 0 Å². The predicted octanol–water partition coefficient (Wildman–Crippen LogP) is 2.29. The van der Waals surface area contributed by atoms with Gasteiger partial charge in [-0.05, 0) is 18.2 Å². The van der Waals surface area contributed by atoms with Gasteiger partial charge in [0.05, 0.1) is 46.9 Å². The minimum atomic E-state index is 0.711. The summed E-state index contributed by atoms with van der Waals surface area (Å²) in [6.07, 6.45) is 2.00. The highest BCUT2D eigenvalue weighted by Crippen LogP contribution is 2.26. The zero-order valence-corrected chi connectivity index (χ0v) is 12.7. The lowest BCUT2D eigenvalue weighted by Crippen LogP contribution is -2.57. The van der Waals surface area contributed by atoms with E-state index in [2.05, 4.69) is 23.5 Å². The summed E-state index contributed by atoms with van der Waals surface area (Å²) in [7, 11) is 3.93. The molecule has 0 spiro atoms. The molecule has 1 aliphatic heterocycles. The second-order valence-electron chi connectivity index (χ2n) is 5.86. The summed E-state index contributed by atoms with van der Waals surface area (Å²) in [5, 5.41) is 0. The van der Waals surface area contributed by atoms with Gasteiger partial charge in [0.25, 0.3) is 6.01 Å². The Bertz CT molecular complexity index is 642. The number of oxazole rings is 1. The Kier molecular flexibility index (Phi) is 3.59. The van der Waals surface area contributed by atoms with Crippen molar-refractivity contribution in [2.75, 3.05) is 51.8 Å². The number of benzene rings is 1. The number of hydrogen-bond donors (Lipinski definition) is 0. The highest BCUT2D eigenvalue weighted by atomic mass is 16.5. The third-order valence-electron chi connectivity index (χ3n) is 4.24. The van der Waals surface area contributed by atoms with E-state index < -0.39 is 0 Å². The van der Waals surface area contributed by atoms with Crippen LogP contribution in [0.3, 0.4) is 0 Å². The second-order valence-corrected chi connectivity index (χ2v) is 5.86. The fourth-order valence-corrected chi connectivity index (χ4v) is 2.79. The van der Waals surface area contributed by atoms with Crippen molar-refractivity contribution < 1.29 is 13.6 Å². The molecule has 1 aliphatic rings. The first kappa shape index (κ1) is 13.9. The first-order chi connectivity index (χ1) is 10.1. The SMILES string of the molecule is C=CC[N+]1(C)CCN(c2nc3ccc(OC)cc3o2)CC1. The molecule has 3 rings (SSSR count). The lowest BCUT2D eigenvalue weighted by molar-refractivity contribution is -0.904.